The van der Waals surface area contributed by atoms with E-state index in [1.54, 1.807) is 0 Å². The van der Waals surface area contributed by atoms with Gasteiger partial charge in [0.1, 0.15) is 0 Å². The lowest BCUT2D eigenvalue weighted by Crippen LogP contribution is -2.26. The summed E-state index contributed by atoms with van der Waals surface area (Å²) in [5.41, 5.74) is 7.31. The summed E-state index contributed by atoms with van der Waals surface area (Å²) in [4.78, 5) is 0. The molecule has 0 radical (unpaired) electrons. The summed E-state index contributed by atoms with van der Waals surface area (Å²) in [5, 5.41) is 0. The third-order valence-corrected chi connectivity index (χ3v) is 6.56. The average molecular weight is 279 g/mol. The van der Waals surface area contributed by atoms with Crippen LogP contribution in [0.1, 0.15) is 24.3 Å². The van der Waals surface area contributed by atoms with Crippen LogP contribution in [0.3, 0.4) is 0 Å². The molecule has 0 bridgehead atoms. The molecule has 1 aliphatic heterocycles. The lowest BCUT2D eigenvalue weighted by molar-refractivity contribution is 0.326. The van der Waals surface area contributed by atoms with Crippen molar-refractivity contribution in [1.29, 1.82) is 0 Å². The number of rotatable bonds is 4. The van der Waals surface area contributed by atoms with Crippen molar-refractivity contribution in [1.82, 2.24) is 0 Å². The molecule has 0 aromatic heterocycles. The molecule has 1 aliphatic carbocycles. The number of hydrogen-bond acceptors (Lipinski definition) is 3. The van der Waals surface area contributed by atoms with Crippen LogP contribution in [0.25, 0.3) is 0 Å². The van der Waals surface area contributed by atoms with Crippen molar-refractivity contribution in [3.05, 3.63) is 35.9 Å². The first kappa shape index (κ1) is 13.1. The Morgan fingerprint density at radius 1 is 1.26 bits per heavy atom. The molecule has 1 saturated carbocycles. The summed E-state index contributed by atoms with van der Waals surface area (Å²) < 4.78 is 23.2. The summed E-state index contributed by atoms with van der Waals surface area (Å²) in [6, 6.07) is 10.5. The fraction of sp³-hybridized carbons (Fsp3) is 0.600. The summed E-state index contributed by atoms with van der Waals surface area (Å²) in [5.74, 6) is 2.56. The Hall–Kier alpha value is -0.870. The monoisotopic (exact) mass is 279 g/mol. The van der Waals surface area contributed by atoms with Crippen LogP contribution in [0.5, 0.6) is 0 Å². The van der Waals surface area contributed by atoms with Gasteiger partial charge in [-0.3, -0.25) is 0 Å². The predicted molar refractivity (Wildman–Crippen MR) is 76.6 cm³/mol. The molecular formula is C15H21NO2S. The van der Waals surface area contributed by atoms with Gasteiger partial charge in [-0.25, -0.2) is 8.42 Å². The maximum absolute atomic E-state index is 11.6. The van der Waals surface area contributed by atoms with Crippen LogP contribution in [-0.4, -0.2) is 26.5 Å². The van der Waals surface area contributed by atoms with E-state index in [0.29, 0.717) is 35.8 Å². The molecule has 4 atom stereocenters. The van der Waals surface area contributed by atoms with Gasteiger partial charge in [0.2, 0.25) is 0 Å². The highest BCUT2D eigenvalue weighted by Gasteiger charge is 2.47. The third kappa shape index (κ3) is 2.70. The number of benzene rings is 1. The molecule has 2 N–H and O–H groups in total. The fourth-order valence-corrected chi connectivity index (χ4v) is 5.54. The van der Waals surface area contributed by atoms with Crippen molar-refractivity contribution in [3.63, 3.8) is 0 Å². The van der Waals surface area contributed by atoms with E-state index < -0.39 is 9.84 Å². The fourth-order valence-electron chi connectivity index (χ4n) is 3.65. The largest absolute Gasteiger partial charge is 0.330 e. The summed E-state index contributed by atoms with van der Waals surface area (Å²) >= 11 is 0. The van der Waals surface area contributed by atoms with E-state index in [-0.39, 0.29) is 5.92 Å². The number of sulfone groups is 1. The zero-order valence-electron chi connectivity index (χ0n) is 11.0. The van der Waals surface area contributed by atoms with Crippen molar-refractivity contribution in [3.8, 4) is 0 Å². The van der Waals surface area contributed by atoms with E-state index in [2.05, 4.69) is 24.3 Å². The van der Waals surface area contributed by atoms with Gasteiger partial charge in [-0.1, -0.05) is 30.3 Å². The van der Waals surface area contributed by atoms with Gasteiger partial charge in [0.15, 0.2) is 9.84 Å². The summed E-state index contributed by atoms with van der Waals surface area (Å²) in [6.07, 6.45) is 1.98. The summed E-state index contributed by atoms with van der Waals surface area (Å²) in [7, 11) is -2.79. The topological polar surface area (TPSA) is 60.2 Å². The minimum atomic E-state index is -2.79. The second-order valence-electron chi connectivity index (χ2n) is 5.98. The van der Waals surface area contributed by atoms with Crippen molar-refractivity contribution in [2.75, 3.05) is 18.1 Å². The first-order valence-corrected chi connectivity index (χ1v) is 8.88. The molecule has 104 valence electrons. The molecule has 2 fully saturated rings. The van der Waals surface area contributed by atoms with E-state index in [9.17, 15) is 8.42 Å². The molecule has 1 aromatic carbocycles. The van der Waals surface area contributed by atoms with Gasteiger partial charge in [-0.2, -0.15) is 0 Å². The lowest BCUT2D eigenvalue weighted by atomic mass is 9.86. The molecule has 4 heteroatoms. The Kier molecular flexibility index (Phi) is 3.39. The quantitative estimate of drug-likeness (QED) is 0.914. The Bertz CT molecular complexity index is 541. The van der Waals surface area contributed by atoms with Crippen LogP contribution in [0.2, 0.25) is 0 Å². The molecule has 1 aromatic rings. The van der Waals surface area contributed by atoms with E-state index in [4.69, 9.17) is 5.73 Å². The van der Waals surface area contributed by atoms with Crippen LogP contribution in [0, 0.1) is 17.8 Å². The molecule has 0 spiro atoms. The molecule has 2 aliphatic rings. The number of nitrogens with two attached hydrogens (primary N) is 1. The number of hydrogen-bond donors (Lipinski definition) is 1. The molecule has 3 rings (SSSR count). The maximum Gasteiger partial charge on any atom is 0.150 e. The van der Waals surface area contributed by atoms with Gasteiger partial charge in [0, 0.05) is 0 Å². The molecule has 3 nitrogen and oxygen atoms in total. The first-order valence-electron chi connectivity index (χ1n) is 7.06. The summed E-state index contributed by atoms with van der Waals surface area (Å²) in [6.45, 7) is 0.619. The van der Waals surface area contributed by atoms with Gasteiger partial charge < -0.3 is 5.73 Å². The van der Waals surface area contributed by atoms with Crippen LogP contribution >= 0.6 is 0 Å². The molecule has 19 heavy (non-hydrogen) atoms. The molecule has 0 amide bonds. The standard InChI is InChI=1S/C15H21NO2S/c16-9-15(12-6-7-19(17,18)10-12)14-8-13(14)11-4-2-1-3-5-11/h1-5,12-15H,6-10,16H2. The second kappa shape index (κ2) is 4.91. The minimum Gasteiger partial charge on any atom is -0.330 e. The van der Waals surface area contributed by atoms with Crippen LogP contribution in [0.15, 0.2) is 30.3 Å². The van der Waals surface area contributed by atoms with Crippen LogP contribution < -0.4 is 5.73 Å². The SMILES string of the molecule is NCC(C1CCS(=O)(=O)C1)C1CC1c1ccccc1. The van der Waals surface area contributed by atoms with Gasteiger partial charge in [0.05, 0.1) is 11.5 Å². The Morgan fingerprint density at radius 3 is 2.58 bits per heavy atom. The van der Waals surface area contributed by atoms with Gasteiger partial charge >= 0.3 is 0 Å². The van der Waals surface area contributed by atoms with Crippen LogP contribution in [0.4, 0.5) is 0 Å². The van der Waals surface area contributed by atoms with E-state index in [1.807, 2.05) is 6.07 Å². The molecule has 1 heterocycles. The van der Waals surface area contributed by atoms with E-state index in [1.165, 1.54) is 12.0 Å². The maximum atomic E-state index is 11.6. The van der Waals surface area contributed by atoms with Gasteiger partial charge in [-0.15, -0.1) is 0 Å². The minimum absolute atomic E-state index is 0.286. The smallest absolute Gasteiger partial charge is 0.150 e. The predicted octanol–water partition coefficient (Wildman–Crippen LogP) is 1.80. The highest BCUT2D eigenvalue weighted by molar-refractivity contribution is 7.91. The van der Waals surface area contributed by atoms with E-state index >= 15 is 0 Å². The van der Waals surface area contributed by atoms with Crippen LogP contribution in [-0.2, 0) is 9.84 Å². The Morgan fingerprint density at radius 2 is 2.00 bits per heavy atom. The lowest BCUT2D eigenvalue weighted by Gasteiger charge is -2.21. The highest BCUT2D eigenvalue weighted by atomic mass is 32.2. The van der Waals surface area contributed by atoms with E-state index in [0.717, 1.165) is 6.42 Å². The molecule has 4 unspecified atom stereocenters. The van der Waals surface area contributed by atoms with Crippen molar-refractivity contribution >= 4 is 9.84 Å². The molecule has 1 saturated heterocycles. The van der Waals surface area contributed by atoms with Crippen molar-refractivity contribution < 1.29 is 8.42 Å². The molecular weight excluding hydrogens is 258 g/mol. The average Bonchev–Trinajstić information content (AvgIpc) is 3.10. The zero-order chi connectivity index (χ0) is 13.5. The normalized spacial score (nSPS) is 34.1. The highest BCUT2D eigenvalue weighted by Crippen LogP contribution is 2.54. The van der Waals surface area contributed by atoms with Gasteiger partial charge in [-0.05, 0) is 48.6 Å². The third-order valence-electron chi connectivity index (χ3n) is 4.76. The Labute approximate surface area is 115 Å². The Balaban J connectivity index is 1.69. The van der Waals surface area contributed by atoms with Crippen molar-refractivity contribution in [2.45, 2.75) is 18.8 Å². The second-order valence-corrected chi connectivity index (χ2v) is 8.21. The van der Waals surface area contributed by atoms with Gasteiger partial charge in [0.25, 0.3) is 0 Å². The first-order chi connectivity index (χ1) is 9.11. The zero-order valence-corrected chi connectivity index (χ0v) is 11.9. The van der Waals surface area contributed by atoms with Crippen molar-refractivity contribution in [2.24, 2.45) is 23.5 Å².